The van der Waals surface area contributed by atoms with E-state index in [4.69, 9.17) is 0 Å². The van der Waals surface area contributed by atoms with Gasteiger partial charge in [-0.05, 0) is 12.2 Å². The molecule has 1 heterocycles. The summed E-state index contributed by atoms with van der Waals surface area (Å²) in [5.41, 5.74) is 0. The number of carbonyl (C=O) groups is 2. The SMILES string of the molecule is O=C1C=CC(=O)[N-]1.[F-].[K+]. The zero-order valence-electron chi connectivity index (χ0n) is 4.80. The van der Waals surface area contributed by atoms with Gasteiger partial charge in [-0.1, -0.05) is 0 Å². The Labute approximate surface area is 93.7 Å². The van der Waals surface area contributed by atoms with Gasteiger partial charge in [-0.15, -0.1) is 0 Å². The van der Waals surface area contributed by atoms with E-state index >= 15 is 0 Å². The Morgan fingerprint density at radius 1 is 1.11 bits per heavy atom. The maximum Gasteiger partial charge on any atom is 1.00 e. The van der Waals surface area contributed by atoms with Gasteiger partial charge in [0.2, 0.25) is 0 Å². The van der Waals surface area contributed by atoms with Crippen molar-refractivity contribution < 1.29 is 65.7 Å². The summed E-state index contributed by atoms with van der Waals surface area (Å²) in [5.74, 6) is -0.907. The molecule has 0 fully saturated rings. The summed E-state index contributed by atoms with van der Waals surface area (Å²) < 4.78 is 0. The monoisotopic (exact) mass is 154 g/mol. The van der Waals surface area contributed by atoms with Crippen LogP contribution in [-0.2, 0) is 9.59 Å². The van der Waals surface area contributed by atoms with Gasteiger partial charge in [0.15, 0.2) is 0 Å². The number of halogens is 1. The van der Waals surface area contributed by atoms with Crippen molar-refractivity contribution in [2.75, 3.05) is 0 Å². The fourth-order valence-corrected chi connectivity index (χ4v) is 0.326. The van der Waals surface area contributed by atoms with Gasteiger partial charge in [0, 0.05) is 0 Å². The first kappa shape index (κ1) is 12.2. The van der Waals surface area contributed by atoms with Crippen molar-refractivity contribution >= 4 is 11.8 Å². The van der Waals surface area contributed by atoms with Gasteiger partial charge in [-0.2, -0.15) is 0 Å². The Morgan fingerprint density at radius 2 is 1.44 bits per heavy atom. The zero-order valence-corrected chi connectivity index (χ0v) is 7.92. The van der Waals surface area contributed by atoms with Crippen LogP contribution in [0.4, 0.5) is 0 Å². The van der Waals surface area contributed by atoms with Crippen molar-refractivity contribution in [3.63, 3.8) is 0 Å². The van der Waals surface area contributed by atoms with Crippen LogP contribution in [0.15, 0.2) is 12.2 Å². The molecule has 1 aliphatic heterocycles. The van der Waals surface area contributed by atoms with E-state index in [0.717, 1.165) is 12.2 Å². The fourth-order valence-electron chi connectivity index (χ4n) is 0.326. The van der Waals surface area contributed by atoms with E-state index in [0.29, 0.717) is 0 Å². The minimum atomic E-state index is -0.454. The summed E-state index contributed by atoms with van der Waals surface area (Å²) in [6.45, 7) is 0. The molecule has 0 bridgehead atoms. The topological polar surface area (TPSA) is 48.2 Å². The van der Waals surface area contributed by atoms with Crippen LogP contribution < -0.4 is 56.1 Å². The second kappa shape index (κ2) is 5.25. The van der Waals surface area contributed by atoms with E-state index in [1.165, 1.54) is 0 Å². The van der Waals surface area contributed by atoms with Gasteiger partial charge in [-0.25, -0.2) is 0 Å². The molecule has 0 saturated heterocycles. The molecule has 0 atom stereocenters. The summed E-state index contributed by atoms with van der Waals surface area (Å²) in [7, 11) is 0. The Bertz CT molecular complexity index is 141. The maximum absolute atomic E-state index is 9.98. The Morgan fingerprint density at radius 3 is 1.56 bits per heavy atom. The third kappa shape index (κ3) is 3.93. The number of rotatable bonds is 0. The van der Waals surface area contributed by atoms with Gasteiger partial charge in [-0.3, -0.25) is 0 Å². The van der Waals surface area contributed by atoms with Gasteiger partial charge in [0.05, 0.1) is 11.8 Å². The van der Waals surface area contributed by atoms with Crippen LogP contribution in [0.1, 0.15) is 0 Å². The molecular weight excluding hydrogens is 152 g/mol. The molecule has 0 spiro atoms. The first-order valence-corrected chi connectivity index (χ1v) is 1.77. The fraction of sp³-hybridized carbons (Fsp3) is 0. The zero-order chi connectivity index (χ0) is 5.28. The van der Waals surface area contributed by atoms with E-state index in [1.807, 2.05) is 0 Å². The van der Waals surface area contributed by atoms with Crippen LogP contribution in [-0.4, -0.2) is 11.8 Å². The molecule has 0 saturated carbocycles. The third-order valence-corrected chi connectivity index (χ3v) is 0.589. The molecule has 3 nitrogen and oxygen atoms in total. The predicted molar refractivity (Wildman–Crippen MR) is 22.5 cm³/mol. The Balaban J connectivity index is 0. The second-order valence-corrected chi connectivity index (χ2v) is 1.12. The number of nitrogens with zero attached hydrogens (tertiary/aromatic N) is 1. The number of hydrogen-bond donors (Lipinski definition) is 0. The molecular formula is C4H2FKNO2-. The van der Waals surface area contributed by atoms with Crippen LogP contribution in [0.3, 0.4) is 0 Å². The summed E-state index contributed by atoms with van der Waals surface area (Å²) >= 11 is 0. The van der Waals surface area contributed by atoms with E-state index in [-0.39, 0.29) is 56.1 Å². The van der Waals surface area contributed by atoms with Crippen LogP contribution >= 0.6 is 0 Å². The molecule has 5 heteroatoms. The van der Waals surface area contributed by atoms with Crippen LogP contribution in [0, 0.1) is 0 Å². The van der Waals surface area contributed by atoms with Crippen molar-refractivity contribution in [2.24, 2.45) is 0 Å². The van der Waals surface area contributed by atoms with E-state index in [2.05, 4.69) is 5.32 Å². The van der Waals surface area contributed by atoms with Gasteiger partial charge in [0.25, 0.3) is 0 Å². The summed E-state index contributed by atoms with van der Waals surface area (Å²) in [6.07, 6.45) is 2.28. The number of amides is 2. The summed E-state index contributed by atoms with van der Waals surface area (Å²) in [6, 6.07) is 0. The van der Waals surface area contributed by atoms with E-state index in [1.54, 1.807) is 0 Å². The normalized spacial score (nSPS) is 13.8. The molecule has 0 unspecified atom stereocenters. The molecule has 2 amide bonds. The van der Waals surface area contributed by atoms with Gasteiger partial charge < -0.3 is 19.6 Å². The van der Waals surface area contributed by atoms with E-state index < -0.39 is 11.8 Å². The second-order valence-electron chi connectivity index (χ2n) is 1.12. The van der Waals surface area contributed by atoms with Crippen molar-refractivity contribution in [3.05, 3.63) is 17.5 Å². The minimum absolute atomic E-state index is 0. The number of carbonyl (C=O) groups excluding carboxylic acids is 2. The first-order chi connectivity index (χ1) is 3.29. The summed E-state index contributed by atoms with van der Waals surface area (Å²) in [4.78, 5) is 20.0. The minimum Gasteiger partial charge on any atom is -1.00 e. The largest absolute Gasteiger partial charge is 1.00 e. The van der Waals surface area contributed by atoms with Crippen molar-refractivity contribution in [3.8, 4) is 0 Å². The average Bonchev–Trinajstić information content (AvgIpc) is 1.87. The average molecular weight is 154 g/mol. The molecule has 0 N–H and O–H groups in total. The number of imide groups is 1. The Hall–Kier alpha value is 0.446. The summed E-state index contributed by atoms with van der Waals surface area (Å²) in [5, 5.41) is 3.00. The molecule has 1 rings (SSSR count). The predicted octanol–water partition coefficient (Wildman–Crippen LogP) is -6.01. The van der Waals surface area contributed by atoms with Crippen LogP contribution in [0.5, 0.6) is 0 Å². The van der Waals surface area contributed by atoms with Crippen molar-refractivity contribution in [1.29, 1.82) is 0 Å². The molecule has 0 radical (unpaired) electrons. The molecule has 0 aromatic heterocycles. The molecule has 44 valence electrons. The first-order valence-electron chi connectivity index (χ1n) is 1.77. The maximum atomic E-state index is 9.98. The van der Waals surface area contributed by atoms with Crippen molar-refractivity contribution in [2.45, 2.75) is 0 Å². The smallest absolute Gasteiger partial charge is 1.00 e. The standard InChI is InChI=1S/C4H3NO2.FH.K/c6-3-1-2-4(7)5-3;;/h1-2H,(H,5,6,7);1H;/q;;+1/p-2. The van der Waals surface area contributed by atoms with Crippen LogP contribution in [0.25, 0.3) is 5.32 Å². The molecule has 0 aromatic rings. The van der Waals surface area contributed by atoms with Gasteiger partial charge >= 0.3 is 51.4 Å². The molecule has 0 aromatic carbocycles. The quantitative estimate of drug-likeness (QED) is 0.257. The van der Waals surface area contributed by atoms with Crippen molar-refractivity contribution in [1.82, 2.24) is 0 Å². The van der Waals surface area contributed by atoms with Gasteiger partial charge in [0.1, 0.15) is 0 Å². The Kier molecular flexibility index (Phi) is 7.09. The molecule has 0 aliphatic carbocycles. The van der Waals surface area contributed by atoms with E-state index in [9.17, 15) is 9.59 Å². The third-order valence-electron chi connectivity index (χ3n) is 0.589. The van der Waals surface area contributed by atoms with Crippen LogP contribution in [0.2, 0.25) is 0 Å². The molecule has 9 heavy (non-hydrogen) atoms. The molecule has 1 aliphatic rings. The number of hydrogen-bond acceptors (Lipinski definition) is 2.